The van der Waals surface area contributed by atoms with E-state index in [-0.39, 0.29) is 0 Å². The van der Waals surface area contributed by atoms with Gasteiger partial charge in [0, 0.05) is 24.5 Å². The van der Waals surface area contributed by atoms with Crippen LogP contribution >= 0.6 is 22.9 Å². The van der Waals surface area contributed by atoms with Gasteiger partial charge in [0.2, 0.25) is 0 Å². The maximum Gasteiger partial charge on any atom is 0.0931 e. The van der Waals surface area contributed by atoms with Crippen molar-refractivity contribution < 1.29 is 4.74 Å². The number of hydrogen-bond acceptors (Lipinski definition) is 4. The van der Waals surface area contributed by atoms with Gasteiger partial charge in [0.1, 0.15) is 0 Å². The minimum atomic E-state index is 0.818. The fourth-order valence-electron chi connectivity index (χ4n) is 1.36. The number of nitrogens with zero attached hydrogens (tertiary/aromatic N) is 1. The van der Waals surface area contributed by atoms with Crippen molar-refractivity contribution in [1.29, 1.82) is 0 Å². The van der Waals surface area contributed by atoms with Crippen molar-refractivity contribution in [2.75, 3.05) is 26.3 Å². The maximum atomic E-state index is 5.84. The Kier molecular flexibility index (Phi) is 3.78. The molecule has 1 aliphatic heterocycles. The molecule has 0 radical (unpaired) electrons. The Hall–Kier alpha value is -0.130. The first kappa shape index (κ1) is 10.4. The maximum absolute atomic E-state index is 5.84. The molecule has 2 rings (SSSR count). The highest BCUT2D eigenvalue weighted by Gasteiger charge is 2.09. The fraction of sp³-hybridized carbons (Fsp3) is 0.556. The van der Waals surface area contributed by atoms with Crippen LogP contribution in [0.5, 0.6) is 0 Å². The van der Waals surface area contributed by atoms with E-state index in [1.165, 1.54) is 4.88 Å². The van der Waals surface area contributed by atoms with Gasteiger partial charge in [-0.05, 0) is 12.1 Å². The molecule has 0 aromatic carbocycles. The van der Waals surface area contributed by atoms with Crippen molar-refractivity contribution >= 4 is 22.9 Å². The standard InChI is InChI=1S/C9H13ClN2OS/c10-9-2-1-8(14-9)7-11-12-3-5-13-6-4-12/h1-2,11H,3-7H2. The summed E-state index contributed by atoms with van der Waals surface area (Å²) < 4.78 is 6.11. The van der Waals surface area contributed by atoms with E-state index < -0.39 is 0 Å². The first-order valence-electron chi connectivity index (χ1n) is 4.65. The summed E-state index contributed by atoms with van der Waals surface area (Å²) >= 11 is 7.46. The normalized spacial score (nSPS) is 18.6. The Morgan fingerprint density at radius 2 is 2.21 bits per heavy atom. The number of rotatable bonds is 3. The van der Waals surface area contributed by atoms with Crippen LogP contribution < -0.4 is 5.43 Å². The lowest BCUT2D eigenvalue weighted by atomic mass is 10.4. The van der Waals surface area contributed by atoms with Gasteiger partial charge in [0.25, 0.3) is 0 Å². The zero-order chi connectivity index (χ0) is 9.80. The molecule has 2 heterocycles. The number of ether oxygens (including phenoxy) is 1. The Morgan fingerprint density at radius 3 is 2.86 bits per heavy atom. The molecule has 1 N–H and O–H groups in total. The van der Waals surface area contributed by atoms with E-state index in [1.807, 2.05) is 6.07 Å². The van der Waals surface area contributed by atoms with Crippen molar-refractivity contribution in [1.82, 2.24) is 10.4 Å². The van der Waals surface area contributed by atoms with Crippen LogP contribution in [0.25, 0.3) is 0 Å². The number of thiophene rings is 1. The molecule has 0 saturated carbocycles. The quantitative estimate of drug-likeness (QED) is 0.859. The predicted molar refractivity (Wildman–Crippen MR) is 58.6 cm³/mol. The van der Waals surface area contributed by atoms with Crippen molar-refractivity contribution in [3.63, 3.8) is 0 Å². The first-order valence-corrected chi connectivity index (χ1v) is 5.84. The minimum Gasteiger partial charge on any atom is -0.379 e. The highest BCUT2D eigenvalue weighted by Crippen LogP contribution is 2.21. The van der Waals surface area contributed by atoms with Crippen molar-refractivity contribution in [2.45, 2.75) is 6.54 Å². The van der Waals surface area contributed by atoms with Crippen LogP contribution in [0.2, 0.25) is 4.34 Å². The molecular formula is C9H13ClN2OS. The molecule has 78 valence electrons. The molecule has 0 spiro atoms. The second-order valence-electron chi connectivity index (χ2n) is 3.14. The third-order valence-corrected chi connectivity index (χ3v) is 3.35. The largest absolute Gasteiger partial charge is 0.379 e. The first-order chi connectivity index (χ1) is 6.84. The molecular weight excluding hydrogens is 220 g/mol. The summed E-state index contributed by atoms with van der Waals surface area (Å²) in [5, 5.41) is 2.19. The lowest BCUT2D eigenvalue weighted by molar-refractivity contribution is 0.0107. The topological polar surface area (TPSA) is 24.5 Å². The Labute approximate surface area is 92.6 Å². The predicted octanol–water partition coefficient (Wildman–Crippen LogP) is 1.74. The van der Waals surface area contributed by atoms with Crippen molar-refractivity contribution in [3.05, 3.63) is 21.3 Å². The second kappa shape index (κ2) is 5.09. The van der Waals surface area contributed by atoms with Gasteiger partial charge in [-0.25, -0.2) is 10.4 Å². The molecule has 3 nitrogen and oxygen atoms in total. The van der Waals surface area contributed by atoms with E-state index in [1.54, 1.807) is 11.3 Å². The number of hydrazine groups is 1. The van der Waals surface area contributed by atoms with Crippen LogP contribution in [0.4, 0.5) is 0 Å². The highest BCUT2D eigenvalue weighted by atomic mass is 35.5. The molecule has 1 saturated heterocycles. The highest BCUT2D eigenvalue weighted by molar-refractivity contribution is 7.16. The van der Waals surface area contributed by atoms with Gasteiger partial charge in [-0.2, -0.15) is 0 Å². The van der Waals surface area contributed by atoms with Gasteiger partial charge < -0.3 is 4.74 Å². The van der Waals surface area contributed by atoms with Crippen molar-refractivity contribution in [2.24, 2.45) is 0 Å². The Morgan fingerprint density at radius 1 is 1.43 bits per heavy atom. The Balaban J connectivity index is 1.76. The zero-order valence-electron chi connectivity index (χ0n) is 7.83. The van der Waals surface area contributed by atoms with Crippen LogP contribution in [-0.2, 0) is 11.3 Å². The van der Waals surface area contributed by atoms with Gasteiger partial charge in [0.05, 0.1) is 17.6 Å². The van der Waals surface area contributed by atoms with E-state index in [0.717, 1.165) is 37.2 Å². The summed E-state index contributed by atoms with van der Waals surface area (Å²) in [6, 6.07) is 3.99. The average molecular weight is 233 g/mol. The minimum absolute atomic E-state index is 0.818. The van der Waals surface area contributed by atoms with Crippen LogP contribution in [-0.4, -0.2) is 31.3 Å². The third kappa shape index (κ3) is 2.93. The van der Waals surface area contributed by atoms with Crippen LogP contribution in [0, 0.1) is 0 Å². The summed E-state index contributed by atoms with van der Waals surface area (Å²) in [5.41, 5.74) is 3.36. The van der Waals surface area contributed by atoms with Crippen LogP contribution in [0.1, 0.15) is 4.88 Å². The number of nitrogens with one attached hydrogen (secondary N) is 1. The molecule has 0 bridgehead atoms. The SMILES string of the molecule is Clc1ccc(CNN2CCOCC2)s1. The van der Waals surface area contributed by atoms with Gasteiger partial charge in [-0.15, -0.1) is 11.3 Å². The van der Waals surface area contributed by atoms with E-state index in [4.69, 9.17) is 16.3 Å². The molecule has 0 aliphatic carbocycles. The zero-order valence-corrected chi connectivity index (χ0v) is 9.40. The molecule has 0 unspecified atom stereocenters. The summed E-state index contributed by atoms with van der Waals surface area (Å²) in [6.45, 7) is 4.41. The summed E-state index contributed by atoms with van der Waals surface area (Å²) in [6.07, 6.45) is 0. The van der Waals surface area contributed by atoms with Gasteiger partial charge >= 0.3 is 0 Å². The fourth-order valence-corrected chi connectivity index (χ4v) is 2.38. The van der Waals surface area contributed by atoms with Crippen molar-refractivity contribution in [3.8, 4) is 0 Å². The second-order valence-corrected chi connectivity index (χ2v) is 4.94. The van der Waals surface area contributed by atoms with E-state index >= 15 is 0 Å². The molecule has 1 aromatic rings. The monoisotopic (exact) mass is 232 g/mol. The number of halogens is 1. The number of hydrogen-bond donors (Lipinski definition) is 1. The summed E-state index contributed by atoms with van der Waals surface area (Å²) in [5.74, 6) is 0. The van der Waals surface area contributed by atoms with Gasteiger partial charge in [0.15, 0.2) is 0 Å². The number of morpholine rings is 1. The van der Waals surface area contributed by atoms with E-state index in [0.29, 0.717) is 0 Å². The molecule has 1 fully saturated rings. The third-order valence-electron chi connectivity index (χ3n) is 2.12. The van der Waals surface area contributed by atoms with Crippen LogP contribution in [0.3, 0.4) is 0 Å². The lowest BCUT2D eigenvalue weighted by Gasteiger charge is -2.26. The van der Waals surface area contributed by atoms with Gasteiger partial charge in [-0.3, -0.25) is 0 Å². The summed E-state index contributed by atoms with van der Waals surface area (Å²) in [4.78, 5) is 1.27. The van der Waals surface area contributed by atoms with Crippen LogP contribution in [0.15, 0.2) is 12.1 Å². The van der Waals surface area contributed by atoms with E-state index in [9.17, 15) is 0 Å². The Bertz CT molecular complexity index is 286. The average Bonchev–Trinajstić information content (AvgIpc) is 2.63. The van der Waals surface area contributed by atoms with Gasteiger partial charge in [-0.1, -0.05) is 11.6 Å². The molecule has 0 amide bonds. The lowest BCUT2D eigenvalue weighted by Crippen LogP contribution is -2.45. The molecule has 1 aromatic heterocycles. The molecule has 5 heteroatoms. The molecule has 0 atom stereocenters. The molecule has 1 aliphatic rings. The summed E-state index contributed by atoms with van der Waals surface area (Å²) in [7, 11) is 0. The smallest absolute Gasteiger partial charge is 0.0931 e. The van der Waals surface area contributed by atoms with E-state index in [2.05, 4.69) is 16.5 Å². The molecule has 14 heavy (non-hydrogen) atoms.